The van der Waals surface area contributed by atoms with Crippen LogP contribution in [0.5, 0.6) is 0 Å². The highest BCUT2D eigenvalue weighted by Crippen LogP contribution is 2.26. The van der Waals surface area contributed by atoms with Gasteiger partial charge in [0.15, 0.2) is 0 Å². The fraction of sp³-hybridized carbons (Fsp3) is 0.263. The number of aromatic amines is 1. The lowest BCUT2D eigenvalue weighted by Crippen LogP contribution is -2.10. The number of benzene rings is 1. The highest BCUT2D eigenvalue weighted by molar-refractivity contribution is 5.95. The molecule has 0 saturated heterocycles. The number of hydrogen-bond donors (Lipinski definition) is 1. The van der Waals surface area contributed by atoms with Crippen LogP contribution in [0.2, 0.25) is 0 Å². The molecule has 0 fully saturated rings. The van der Waals surface area contributed by atoms with Crippen molar-refractivity contribution in [2.24, 2.45) is 0 Å². The summed E-state index contributed by atoms with van der Waals surface area (Å²) >= 11 is 0. The summed E-state index contributed by atoms with van der Waals surface area (Å²) < 4.78 is 5.34. The number of esters is 1. The molecule has 118 valence electrons. The van der Waals surface area contributed by atoms with Crippen LogP contribution in [0.15, 0.2) is 48.8 Å². The van der Waals surface area contributed by atoms with E-state index >= 15 is 0 Å². The van der Waals surface area contributed by atoms with Crippen molar-refractivity contribution in [2.45, 2.75) is 32.8 Å². The van der Waals surface area contributed by atoms with Crippen molar-refractivity contribution in [1.82, 2.24) is 9.97 Å². The van der Waals surface area contributed by atoms with Crippen molar-refractivity contribution < 1.29 is 9.53 Å². The molecular weight excluding hydrogens is 288 g/mol. The number of ether oxygens (including phenoxy) is 1. The molecule has 0 bridgehead atoms. The van der Waals surface area contributed by atoms with Gasteiger partial charge < -0.3 is 9.72 Å². The maximum Gasteiger partial charge on any atom is 0.355 e. The second-order valence-corrected chi connectivity index (χ2v) is 6.67. The Morgan fingerprint density at radius 2 is 1.87 bits per heavy atom. The third-order valence-electron chi connectivity index (χ3n) is 3.83. The monoisotopic (exact) mass is 308 g/mol. The first kappa shape index (κ1) is 15.3. The Morgan fingerprint density at radius 3 is 2.57 bits per heavy atom. The van der Waals surface area contributed by atoms with Gasteiger partial charge in [-0.25, -0.2) is 4.79 Å². The smallest absolute Gasteiger partial charge is 0.355 e. The summed E-state index contributed by atoms with van der Waals surface area (Å²) in [6, 6.07) is 11.7. The first-order valence-corrected chi connectivity index (χ1v) is 7.63. The van der Waals surface area contributed by atoms with Crippen LogP contribution in [0.25, 0.3) is 10.9 Å². The van der Waals surface area contributed by atoms with Crippen molar-refractivity contribution in [1.29, 1.82) is 0 Å². The van der Waals surface area contributed by atoms with Crippen LogP contribution >= 0.6 is 0 Å². The molecule has 2 heterocycles. The Hall–Kier alpha value is -2.62. The maximum absolute atomic E-state index is 12.2. The Labute approximate surface area is 135 Å². The molecule has 1 N–H and O–H groups in total. The van der Waals surface area contributed by atoms with Gasteiger partial charge in [0.1, 0.15) is 12.3 Å². The van der Waals surface area contributed by atoms with Gasteiger partial charge in [0.2, 0.25) is 0 Å². The first-order chi connectivity index (χ1) is 10.9. The van der Waals surface area contributed by atoms with Gasteiger partial charge in [0, 0.05) is 23.3 Å². The van der Waals surface area contributed by atoms with E-state index in [0.717, 1.165) is 16.5 Å². The largest absolute Gasteiger partial charge is 0.456 e. The maximum atomic E-state index is 12.2. The quantitative estimate of drug-likeness (QED) is 0.737. The van der Waals surface area contributed by atoms with Crippen LogP contribution in [0, 0.1) is 0 Å². The van der Waals surface area contributed by atoms with E-state index < -0.39 is 0 Å². The van der Waals surface area contributed by atoms with E-state index in [9.17, 15) is 4.79 Å². The lowest BCUT2D eigenvalue weighted by atomic mass is 9.87. The molecule has 23 heavy (non-hydrogen) atoms. The number of nitrogens with zero attached hydrogens (tertiary/aromatic N) is 1. The predicted molar refractivity (Wildman–Crippen MR) is 90.4 cm³/mol. The van der Waals surface area contributed by atoms with Gasteiger partial charge in [-0.3, -0.25) is 4.98 Å². The molecule has 4 nitrogen and oxygen atoms in total. The molecule has 3 aromatic rings. The molecule has 2 aromatic heterocycles. The summed E-state index contributed by atoms with van der Waals surface area (Å²) in [4.78, 5) is 19.3. The number of carbonyl (C=O) groups excluding carboxylic acids is 1. The summed E-state index contributed by atoms with van der Waals surface area (Å²) in [5.74, 6) is -0.352. The normalized spacial score (nSPS) is 11.6. The summed E-state index contributed by atoms with van der Waals surface area (Å²) in [5, 5.41) is 1.01. The minimum Gasteiger partial charge on any atom is -0.456 e. The van der Waals surface area contributed by atoms with Crippen LogP contribution in [0.4, 0.5) is 0 Å². The Balaban J connectivity index is 1.78. The van der Waals surface area contributed by atoms with Gasteiger partial charge in [-0.2, -0.15) is 0 Å². The molecule has 0 radical (unpaired) electrons. The first-order valence-electron chi connectivity index (χ1n) is 7.63. The lowest BCUT2D eigenvalue weighted by Gasteiger charge is -2.18. The number of carbonyl (C=O) groups is 1. The van der Waals surface area contributed by atoms with E-state index in [1.165, 1.54) is 5.56 Å². The molecule has 0 amide bonds. The predicted octanol–water partition coefficient (Wildman–Crippen LogP) is 4.22. The summed E-state index contributed by atoms with van der Waals surface area (Å²) in [6.07, 6.45) is 3.36. The Bertz CT molecular complexity index is 829. The number of pyridine rings is 1. The molecule has 0 unspecified atom stereocenters. The van der Waals surface area contributed by atoms with Crippen molar-refractivity contribution in [3.8, 4) is 0 Å². The van der Waals surface area contributed by atoms with Crippen molar-refractivity contribution >= 4 is 16.9 Å². The zero-order chi connectivity index (χ0) is 16.4. The average molecular weight is 308 g/mol. The summed E-state index contributed by atoms with van der Waals surface area (Å²) in [6.45, 7) is 6.74. The zero-order valence-electron chi connectivity index (χ0n) is 13.6. The third kappa shape index (κ3) is 3.42. The minimum absolute atomic E-state index is 0.0708. The van der Waals surface area contributed by atoms with Gasteiger partial charge in [0.25, 0.3) is 0 Å². The molecule has 0 spiro atoms. The van der Waals surface area contributed by atoms with E-state index in [4.69, 9.17) is 4.74 Å². The van der Waals surface area contributed by atoms with Crippen molar-refractivity contribution in [3.05, 3.63) is 65.6 Å². The highest BCUT2D eigenvalue weighted by Gasteiger charge is 2.16. The van der Waals surface area contributed by atoms with E-state index in [0.29, 0.717) is 5.69 Å². The van der Waals surface area contributed by atoms with Gasteiger partial charge in [0.05, 0.1) is 0 Å². The van der Waals surface area contributed by atoms with Crippen molar-refractivity contribution in [3.63, 3.8) is 0 Å². The molecule has 0 aliphatic rings. The van der Waals surface area contributed by atoms with E-state index in [1.807, 2.05) is 24.3 Å². The van der Waals surface area contributed by atoms with Gasteiger partial charge in [-0.15, -0.1) is 0 Å². The number of rotatable bonds is 3. The zero-order valence-corrected chi connectivity index (χ0v) is 13.6. The standard InChI is InChI=1S/C19H20N2O2/c1-19(2,3)15-5-4-14-10-17(21-16(14)11-15)18(22)23-12-13-6-8-20-9-7-13/h4-11,21H,12H2,1-3H3. The van der Waals surface area contributed by atoms with Crippen LogP contribution in [0.1, 0.15) is 42.4 Å². The lowest BCUT2D eigenvalue weighted by molar-refractivity contribution is 0.0467. The molecule has 0 atom stereocenters. The SMILES string of the molecule is CC(C)(C)c1ccc2cc(C(=O)OCc3ccncc3)[nH]c2c1. The number of aromatic nitrogens is 2. The van der Waals surface area contributed by atoms with Crippen LogP contribution in [0.3, 0.4) is 0 Å². The Morgan fingerprint density at radius 1 is 1.13 bits per heavy atom. The van der Waals surface area contributed by atoms with Crippen LogP contribution in [-0.4, -0.2) is 15.9 Å². The molecule has 4 heteroatoms. The minimum atomic E-state index is -0.352. The number of H-pyrrole nitrogens is 1. The summed E-state index contributed by atoms with van der Waals surface area (Å²) in [5.41, 5.74) is 3.64. The summed E-state index contributed by atoms with van der Waals surface area (Å²) in [7, 11) is 0. The van der Waals surface area contributed by atoms with Gasteiger partial charge >= 0.3 is 5.97 Å². The third-order valence-corrected chi connectivity index (χ3v) is 3.83. The van der Waals surface area contributed by atoms with E-state index in [2.05, 4.69) is 42.9 Å². The second kappa shape index (κ2) is 5.88. The fourth-order valence-corrected chi connectivity index (χ4v) is 2.41. The second-order valence-electron chi connectivity index (χ2n) is 6.67. The number of hydrogen-bond acceptors (Lipinski definition) is 3. The van der Waals surface area contributed by atoms with Gasteiger partial charge in [-0.1, -0.05) is 32.9 Å². The van der Waals surface area contributed by atoms with Crippen molar-refractivity contribution in [2.75, 3.05) is 0 Å². The fourth-order valence-electron chi connectivity index (χ4n) is 2.41. The topological polar surface area (TPSA) is 55.0 Å². The average Bonchev–Trinajstić information content (AvgIpc) is 2.96. The number of nitrogens with one attached hydrogen (secondary N) is 1. The molecular formula is C19H20N2O2. The molecule has 0 aliphatic carbocycles. The number of fused-ring (bicyclic) bond motifs is 1. The van der Waals surface area contributed by atoms with E-state index in [-0.39, 0.29) is 18.0 Å². The molecule has 0 aliphatic heterocycles. The van der Waals surface area contributed by atoms with Crippen LogP contribution < -0.4 is 0 Å². The molecule has 0 saturated carbocycles. The van der Waals surface area contributed by atoms with E-state index in [1.54, 1.807) is 12.4 Å². The Kier molecular flexibility index (Phi) is 3.90. The molecule has 1 aromatic carbocycles. The van der Waals surface area contributed by atoms with Crippen LogP contribution in [-0.2, 0) is 16.8 Å². The highest BCUT2D eigenvalue weighted by atomic mass is 16.5. The molecule has 3 rings (SSSR count). The van der Waals surface area contributed by atoms with Gasteiger partial charge in [-0.05, 0) is 40.8 Å².